The maximum absolute atomic E-state index is 12.2. The van der Waals surface area contributed by atoms with Crippen LogP contribution in [0, 0.1) is 0 Å². The summed E-state index contributed by atoms with van der Waals surface area (Å²) in [4.78, 5) is 15.5. The van der Waals surface area contributed by atoms with Crippen molar-refractivity contribution in [3.05, 3.63) is 60.3 Å². The first kappa shape index (κ1) is 18.0. The Kier molecular flexibility index (Phi) is 5.27. The van der Waals surface area contributed by atoms with E-state index in [2.05, 4.69) is 21.1 Å². The van der Waals surface area contributed by atoms with Crippen LogP contribution < -0.4 is 10.0 Å². The number of para-hydroxylation sites is 3. The molecule has 0 bridgehead atoms. The molecule has 3 rings (SSSR count). The van der Waals surface area contributed by atoms with Gasteiger partial charge in [-0.2, -0.15) is 0 Å². The van der Waals surface area contributed by atoms with Crippen LogP contribution in [0.5, 0.6) is 0 Å². The lowest BCUT2D eigenvalue weighted by Gasteiger charge is -2.11. The van der Waals surface area contributed by atoms with Crippen molar-refractivity contribution in [2.75, 3.05) is 16.3 Å². The minimum Gasteiger partial charge on any atom is -0.361 e. The summed E-state index contributed by atoms with van der Waals surface area (Å²) in [5, 5.41) is 3.95. The van der Waals surface area contributed by atoms with Crippen molar-refractivity contribution in [2.24, 2.45) is 0 Å². The Morgan fingerprint density at radius 1 is 1.04 bits per heavy atom. The van der Waals surface area contributed by atoms with Gasteiger partial charge in [-0.15, -0.1) is 0 Å². The fourth-order valence-electron chi connectivity index (χ4n) is 2.87. The van der Waals surface area contributed by atoms with Crippen LogP contribution in [0.4, 0.5) is 11.4 Å². The molecule has 0 aliphatic heterocycles. The average molecular weight is 371 g/mol. The second-order valence-corrected chi connectivity index (χ2v) is 7.93. The van der Waals surface area contributed by atoms with Gasteiger partial charge in [0.25, 0.3) is 0 Å². The Hall–Kier alpha value is -2.80. The number of nitrogens with one attached hydrogen (secondary N) is 3. The molecule has 6 nitrogen and oxygen atoms in total. The van der Waals surface area contributed by atoms with Crippen molar-refractivity contribution in [3.63, 3.8) is 0 Å². The van der Waals surface area contributed by atoms with E-state index in [4.69, 9.17) is 0 Å². The molecule has 0 aliphatic carbocycles. The van der Waals surface area contributed by atoms with Crippen LogP contribution in [0.1, 0.15) is 18.4 Å². The van der Waals surface area contributed by atoms with Crippen molar-refractivity contribution >= 4 is 38.2 Å². The number of anilines is 2. The largest absolute Gasteiger partial charge is 0.361 e. The molecule has 0 saturated heterocycles. The molecule has 0 fully saturated rings. The average Bonchev–Trinajstić information content (AvgIpc) is 2.99. The lowest BCUT2D eigenvalue weighted by molar-refractivity contribution is -0.116. The molecule has 1 heterocycles. The fourth-order valence-corrected chi connectivity index (χ4v) is 3.45. The second kappa shape index (κ2) is 7.61. The predicted octanol–water partition coefficient (Wildman–Crippen LogP) is 3.50. The van der Waals surface area contributed by atoms with Crippen LogP contribution in [0.15, 0.2) is 54.7 Å². The third-order valence-electron chi connectivity index (χ3n) is 4.02. The monoisotopic (exact) mass is 371 g/mol. The Labute approximate surface area is 152 Å². The van der Waals surface area contributed by atoms with Gasteiger partial charge < -0.3 is 10.3 Å². The number of benzene rings is 2. The van der Waals surface area contributed by atoms with E-state index in [1.54, 1.807) is 24.3 Å². The molecule has 136 valence electrons. The summed E-state index contributed by atoms with van der Waals surface area (Å²) < 4.78 is 25.3. The van der Waals surface area contributed by atoms with Crippen molar-refractivity contribution in [2.45, 2.75) is 19.3 Å². The van der Waals surface area contributed by atoms with E-state index in [9.17, 15) is 13.2 Å². The highest BCUT2D eigenvalue weighted by atomic mass is 32.2. The summed E-state index contributed by atoms with van der Waals surface area (Å²) in [7, 11) is -3.41. The molecule has 0 radical (unpaired) electrons. The zero-order chi connectivity index (χ0) is 18.6. The minimum absolute atomic E-state index is 0.146. The number of hydrogen-bond donors (Lipinski definition) is 3. The van der Waals surface area contributed by atoms with Crippen molar-refractivity contribution in [1.82, 2.24) is 4.98 Å². The van der Waals surface area contributed by atoms with Crippen molar-refractivity contribution in [3.8, 4) is 0 Å². The first-order valence-electron chi connectivity index (χ1n) is 8.34. The number of carbonyl (C=O) groups excluding carboxylic acids is 1. The number of amides is 1. The Morgan fingerprint density at radius 2 is 1.73 bits per heavy atom. The Balaban J connectivity index is 1.58. The van der Waals surface area contributed by atoms with Gasteiger partial charge in [-0.3, -0.25) is 9.52 Å². The SMILES string of the molecule is CS(=O)(=O)Nc1ccccc1NC(=O)CCCc1c[nH]c2ccccc12. The first-order chi connectivity index (χ1) is 12.4. The summed E-state index contributed by atoms with van der Waals surface area (Å²) in [6.07, 6.45) is 4.91. The summed E-state index contributed by atoms with van der Waals surface area (Å²) in [6, 6.07) is 14.8. The van der Waals surface area contributed by atoms with Gasteiger partial charge in [0.05, 0.1) is 17.6 Å². The van der Waals surface area contributed by atoms with E-state index in [0.717, 1.165) is 18.2 Å². The van der Waals surface area contributed by atoms with Gasteiger partial charge in [0.15, 0.2) is 0 Å². The van der Waals surface area contributed by atoms with E-state index in [1.807, 2.05) is 24.4 Å². The van der Waals surface area contributed by atoms with Gasteiger partial charge in [-0.05, 0) is 36.6 Å². The van der Waals surface area contributed by atoms with E-state index < -0.39 is 10.0 Å². The van der Waals surface area contributed by atoms with Crippen molar-refractivity contribution < 1.29 is 13.2 Å². The maximum Gasteiger partial charge on any atom is 0.229 e. The number of aromatic amines is 1. The minimum atomic E-state index is -3.41. The van der Waals surface area contributed by atoms with Crippen LogP contribution >= 0.6 is 0 Å². The third kappa shape index (κ3) is 4.64. The summed E-state index contributed by atoms with van der Waals surface area (Å²) in [6.45, 7) is 0. The highest BCUT2D eigenvalue weighted by molar-refractivity contribution is 7.92. The molecule has 26 heavy (non-hydrogen) atoms. The zero-order valence-corrected chi connectivity index (χ0v) is 15.3. The molecule has 0 unspecified atom stereocenters. The lowest BCUT2D eigenvalue weighted by atomic mass is 10.1. The van der Waals surface area contributed by atoms with E-state index in [0.29, 0.717) is 24.2 Å². The van der Waals surface area contributed by atoms with Gasteiger partial charge in [0.2, 0.25) is 15.9 Å². The molecule has 7 heteroatoms. The molecule has 3 aromatic rings. The molecule has 3 N–H and O–H groups in total. The molecule has 1 aromatic heterocycles. The number of aryl methyl sites for hydroxylation is 1. The van der Waals surface area contributed by atoms with Crippen LogP contribution in [-0.4, -0.2) is 25.6 Å². The number of hydrogen-bond acceptors (Lipinski definition) is 3. The highest BCUT2D eigenvalue weighted by Crippen LogP contribution is 2.23. The fraction of sp³-hybridized carbons (Fsp3) is 0.211. The molecule has 0 saturated carbocycles. The van der Waals surface area contributed by atoms with Gasteiger partial charge >= 0.3 is 0 Å². The van der Waals surface area contributed by atoms with Gasteiger partial charge in [0, 0.05) is 23.5 Å². The molecule has 1 amide bonds. The van der Waals surface area contributed by atoms with E-state index in [-0.39, 0.29) is 5.91 Å². The van der Waals surface area contributed by atoms with Crippen LogP contribution in [0.3, 0.4) is 0 Å². The van der Waals surface area contributed by atoms with Crippen LogP contribution in [0.25, 0.3) is 10.9 Å². The Bertz CT molecular complexity index is 1030. The normalized spacial score (nSPS) is 11.4. The smallest absolute Gasteiger partial charge is 0.229 e. The molecule has 0 aliphatic rings. The van der Waals surface area contributed by atoms with Crippen LogP contribution in [0.2, 0.25) is 0 Å². The summed E-state index contributed by atoms with van der Waals surface area (Å²) in [5.74, 6) is -0.146. The number of aromatic nitrogens is 1. The van der Waals surface area contributed by atoms with Gasteiger partial charge in [-0.25, -0.2) is 8.42 Å². The third-order valence-corrected chi connectivity index (χ3v) is 4.61. The molecular weight excluding hydrogens is 350 g/mol. The van der Waals surface area contributed by atoms with Gasteiger partial charge in [0.1, 0.15) is 0 Å². The predicted molar refractivity (Wildman–Crippen MR) is 105 cm³/mol. The topological polar surface area (TPSA) is 91.1 Å². The highest BCUT2D eigenvalue weighted by Gasteiger charge is 2.10. The van der Waals surface area contributed by atoms with E-state index in [1.165, 1.54) is 10.9 Å². The van der Waals surface area contributed by atoms with Crippen molar-refractivity contribution in [1.29, 1.82) is 0 Å². The number of sulfonamides is 1. The molecule has 2 aromatic carbocycles. The van der Waals surface area contributed by atoms with Gasteiger partial charge in [-0.1, -0.05) is 30.3 Å². The number of H-pyrrole nitrogens is 1. The Morgan fingerprint density at radius 3 is 2.50 bits per heavy atom. The molecular formula is C19H21N3O3S. The number of carbonyl (C=O) groups is 1. The van der Waals surface area contributed by atoms with Crippen LogP contribution in [-0.2, 0) is 21.2 Å². The zero-order valence-electron chi connectivity index (χ0n) is 14.5. The summed E-state index contributed by atoms with van der Waals surface area (Å²) >= 11 is 0. The van der Waals surface area contributed by atoms with E-state index >= 15 is 0 Å². The standard InChI is InChI=1S/C19H21N3O3S/c1-26(24,25)22-18-11-5-4-10-17(18)21-19(23)12-6-7-14-13-20-16-9-3-2-8-15(14)16/h2-5,8-11,13,20,22H,6-7,12H2,1H3,(H,21,23). The molecule has 0 atom stereocenters. The summed E-state index contributed by atoms with van der Waals surface area (Å²) in [5.41, 5.74) is 3.09. The second-order valence-electron chi connectivity index (χ2n) is 6.18. The number of fused-ring (bicyclic) bond motifs is 1. The molecule has 0 spiro atoms. The quantitative estimate of drug-likeness (QED) is 0.594. The number of rotatable bonds is 7. The lowest BCUT2D eigenvalue weighted by Crippen LogP contribution is -2.15. The first-order valence-corrected chi connectivity index (χ1v) is 10.2. The maximum atomic E-state index is 12.2.